The van der Waals surface area contributed by atoms with Crippen LogP contribution in [0.5, 0.6) is 0 Å². The minimum absolute atomic E-state index is 0.211. The molecule has 0 atom stereocenters. The van der Waals surface area contributed by atoms with E-state index < -0.39 is 11.7 Å². The lowest BCUT2D eigenvalue weighted by atomic mass is 9.86. The van der Waals surface area contributed by atoms with Crippen molar-refractivity contribution in [2.24, 2.45) is 0 Å². The molecule has 0 N–H and O–H groups in total. The van der Waals surface area contributed by atoms with Crippen molar-refractivity contribution in [2.45, 2.75) is 6.18 Å². The second-order valence-corrected chi connectivity index (χ2v) is 8.86. The van der Waals surface area contributed by atoms with Gasteiger partial charge < -0.3 is 0 Å². The van der Waals surface area contributed by atoms with Gasteiger partial charge in [-0.2, -0.15) is 13.2 Å². The van der Waals surface area contributed by atoms with Gasteiger partial charge in [0.05, 0.1) is 5.56 Å². The standard InChI is InChI=1S/C33H21F3/c34-33(35,36)32-28-14-8-7-13-27(28)31(25-17-15-24(16-18-25)22-9-3-1-4-10-22)30-21-26(19-20-29(30)32)23-11-5-2-6-12-23/h1-21H. The minimum atomic E-state index is -4.48. The molecule has 0 aliphatic rings. The maximum absolute atomic E-state index is 14.4. The predicted octanol–water partition coefficient (Wildman–Crippen LogP) is 10.0. The third kappa shape index (κ3) is 3.83. The Morgan fingerprint density at radius 3 is 1.42 bits per heavy atom. The molecule has 0 bridgehead atoms. The van der Waals surface area contributed by atoms with Gasteiger partial charge in [0.1, 0.15) is 0 Å². The van der Waals surface area contributed by atoms with E-state index in [0.29, 0.717) is 10.8 Å². The van der Waals surface area contributed by atoms with Crippen molar-refractivity contribution < 1.29 is 13.2 Å². The van der Waals surface area contributed by atoms with Gasteiger partial charge in [0.25, 0.3) is 0 Å². The minimum Gasteiger partial charge on any atom is -0.166 e. The predicted molar refractivity (Wildman–Crippen MR) is 143 cm³/mol. The smallest absolute Gasteiger partial charge is 0.166 e. The number of hydrogen-bond donors (Lipinski definition) is 0. The molecule has 0 spiro atoms. The number of rotatable bonds is 3. The Labute approximate surface area is 207 Å². The van der Waals surface area contributed by atoms with E-state index in [1.807, 2.05) is 91.0 Å². The first-order valence-corrected chi connectivity index (χ1v) is 11.8. The zero-order valence-electron chi connectivity index (χ0n) is 19.3. The fourth-order valence-corrected chi connectivity index (χ4v) is 5.06. The Balaban J connectivity index is 1.67. The van der Waals surface area contributed by atoms with Gasteiger partial charge in [-0.05, 0) is 61.0 Å². The molecule has 0 amide bonds. The molecule has 6 rings (SSSR count). The summed E-state index contributed by atoms with van der Waals surface area (Å²) in [5, 5.41) is 1.61. The summed E-state index contributed by atoms with van der Waals surface area (Å²) in [4.78, 5) is 0. The molecule has 3 heteroatoms. The average Bonchev–Trinajstić information content (AvgIpc) is 2.92. The summed E-state index contributed by atoms with van der Waals surface area (Å²) in [5.41, 5.74) is 5.11. The molecule has 0 aliphatic carbocycles. The van der Waals surface area contributed by atoms with Crippen LogP contribution in [-0.2, 0) is 6.18 Å². The second-order valence-electron chi connectivity index (χ2n) is 8.86. The summed E-state index contributed by atoms with van der Waals surface area (Å²) in [5.74, 6) is 0. The van der Waals surface area contributed by atoms with Gasteiger partial charge in [-0.3, -0.25) is 0 Å². The van der Waals surface area contributed by atoms with Crippen molar-refractivity contribution in [3.63, 3.8) is 0 Å². The Bertz CT molecular complexity index is 1680. The normalized spacial score (nSPS) is 11.8. The van der Waals surface area contributed by atoms with Crippen LogP contribution in [0.4, 0.5) is 13.2 Å². The summed E-state index contributed by atoms with van der Waals surface area (Å²) in [7, 11) is 0. The number of alkyl halides is 3. The highest BCUT2D eigenvalue weighted by Gasteiger charge is 2.35. The molecule has 174 valence electrons. The van der Waals surface area contributed by atoms with E-state index in [0.717, 1.165) is 33.4 Å². The lowest BCUT2D eigenvalue weighted by Gasteiger charge is -2.20. The van der Waals surface area contributed by atoms with Crippen LogP contribution in [0.25, 0.3) is 54.9 Å². The van der Waals surface area contributed by atoms with Gasteiger partial charge in [0, 0.05) is 0 Å². The molecule has 6 aromatic carbocycles. The summed E-state index contributed by atoms with van der Waals surface area (Å²) >= 11 is 0. The molecule has 0 radical (unpaired) electrons. The highest BCUT2D eigenvalue weighted by atomic mass is 19.4. The van der Waals surface area contributed by atoms with Crippen LogP contribution >= 0.6 is 0 Å². The van der Waals surface area contributed by atoms with Crippen molar-refractivity contribution in [1.29, 1.82) is 0 Å². The monoisotopic (exact) mass is 474 g/mol. The van der Waals surface area contributed by atoms with E-state index >= 15 is 0 Å². The number of hydrogen-bond acceptors (Lipinski definition) is 0. The van der Waals surface area contributed by atoms with E-state index in [9.17, 15) is 13.2 Å². The third-order valence-electron chi connectivity index (χ3n) is 6.70. The van der Waals surface area contributed by atoms with Gasteiger partial charge >= 0.3 is 6.18 Å². The molecule has 0 saturated carbocycles. The molecule has 6 aromatic rings. The molecule has 0 nitrogen and oxygen atoms in total. The summed E-state index contributed by atoms with van der Waals surface area (Å²) in [6.07, 6.45) is -4.48. The van der Waals surface area contributed by atoms with Crippen LogP contribution in [0.1, 0.15) is 5.56 Å². The molecule has 0 saturated heterocycles. The Morgan fingerprint density at radius 1 is 0.361 bits per heavy atom. The molecule has 36 heavy (non-hydrogen) atoms. The van der Waals surface area contributed by atoms with E-state index in [-0.39, 0.29) is 10.8 Å². The second kappa shape index (κ2) is 8.69. The zero-order valence-corrected chi connectivity index (χ0v) is 19.3. The van der Waals surface area contributed by atoms with Crippen LogP contribution in [0.3, 0.4) is 0 Å². The molecule has 0 heterocycles. The largest absolute Gasteiger partial charge is 0.417 e. The number of benzene rings is 6. The van der Waals surface area contributed by atoms with Crippen LogP contribution in [0.2, 0.25) is 0 Å². The molecule has 0 aliphatic heterocycles. The van der Waals surface area contributed by atoms with Gasteiger partial charge in [0.2, 0.25) is 0 Å². The lowest BCUT2D eigenvalue weighted by molar-refractivity contribution is -0.135. The highest BCUT2D eigenvalue weighted by Crippen LogP contribution is 2.46. The fourth-order valence-electron chi connectivity index (χ4n) is 5.06. The maximum Gasteiger partial charge on any atom is 0.417 e. The first-order valence-electron chi connectivity index (χ1n) is 11.8. The fraction of sp³-hybridized carbons (Fsp3) is 0.0303. The van der Waals surface area contributed by atoms with E-state index in [4.69, 9.17) is 0 Å². The average molecular weight is 475 g/mol. The van der Waals surface area contributed by atoms with Gasteiger partial charge in [-0.25, -0.2) is 0 Å². The first-order chi connectivity index (χ1) is 17.5. The van der Waals surface area contributed by atoms with E-state index in [2.05, 4.69) is 0 Å². The Kier molecular flexibility index (Phi) is 5.34. The van der Waals surface area contributed by atoms with Crippen LogP contribution in [0.15, 0.2) is 127 Å². The maximum atomic E-state index is 14.4. The van der Waals surface area contributed by atoms with Crippen LogP contribution in [0, 0.1) is 0 Å². The van der Waals surface area contributed by atoms with E-state index in [1.54, 1.807) is 36.4 Å². The third-order valence-corrected chi connectivity index (χ3v) is 6.70. The summed E-state index contributed by atoms with van der Waals surface area (Å²) in [6.45, 7) is 0. The number of halogens is 3. The molecule has 0 unspecified atom stereocenters. The van der Waals surface area contributed by atoms with Crippen molar-refractivity contribution in [3.8, 4) is 33.4 Å². The van der Waals surface area contributed by atoms with Crippen LogP contribution < -0.4 is 0 Å². The first kappa shape index (κ1) is 22.1. The summed E-state index contributed by atoms with van der Waals surface area (Å²) in [6, 6.07) is 40.0. The van der Waals surface area contributed by atoms with Crippen molar-refractivity contribution in [1.82, 2.24) is 0 Å². The van der Waals surface area contributed by atoms with Gasteiger partial charge in [-0.15, -0.1) is 0 Å². The summed E-state index contributed by atoms with van der Waals surface area (Å²) < 4.78 is 43.3. The van der Waals surface area contributed by atoms with E-state index in [1.165, 1.54) is 0 Å². The topological polar surface area (TPSA) is 0 Å². The molecular formula is C33H21F3. The molecular weight excluding hydrogens is 453 g/mol. The Morgan fingerprint density at radius 2 is 0.806 bits per heavy atom. The quantitative estimate of drug-likeness (QED) is 0.224. The molecule has 0 aromatic heterocycles. The lowest BCUT2D eigenvalue weighted by Crippen LogP contribution is -2.08. The van der Waals surface area contributed by atoms with Crippen molar-refractivity contribution in [3.05, 3.63) is 133 Å². The highest BCUT2D eigenvalue weighted by molar-refractivity contribution is 6.16. The SMILES string of the molecule is FC(F)(F)c1c2ccccc2c(-c2ccc(-c3ccccc3)cc2)c2cc(-c3ccccc3)ccc12. The van der Waals surface area contributed by atoms with Gasteiger partial charge in [0.15, 0.2) is 0 Å². The van der Waals surface area contributed by atoms with Crippen molar-refractivity contribution in [2.75, 3.05) is 0 Å². The van der Waals surface area contributed by atoms with Crippen molar-refractivity contribution >= 4 is 21.5 Å². The Hall–Kier alpha value is -4.37. The van der Waals surface area contributed by atoms with Crippen LogP contribution in [-0.4, -0.2) is 0 Å². The molecule has 0 fully saturated rings. The zero-order chi connectivity index (χ0) is 24.7. The number of fused-ring (bicyclic) bond motifs is 2. The van der Waals surface area contributed by atoms with Gasteiger partial charge in [-0.1, -0.05) is 121 Å².